The van der Waals surface area contributed by atoms with E-state index in [1.807, 2.05) is 12.4 Å². The molecule has 19 heavy (non-hydrogen) atoms. The van der Waals surface area contributed by atoms with Gasteiger partial charge in [-0.2, -0.15) is 0 Å². The molecule has 0 fully saturated rings. The van der Waals surface area contributed by atoms with Gasteiger partial charge in [0.1, 0.15) is 0 Å². The van der Waals surface area contributed by atoms with Crippen molar-refractivity contribution in [2.75, 3.05) is 13.7 Å². The lowest BCUT2D eigenvalue weighted by atomic mass is 9.99. The van der Waals surface area contributed by atoms with Crippen molar-refractivity contribution in [1.82, 2.24) is 10.3 Å². The highest BCUT2D eigenvalue weighted by Crippen LogP contribution is 2.15. The van der Waals surface area contributed by atoms with Crippen molar-refractivity contribution in [3.8, 4) is 0 Å². The molecule has 0 saturated heterocycles. The zero-order valence-corrected chi connectivity index (χ0v) is 13.7. The van der Waals surface area contributed by atoms with Crippen LogP contribution in [0.25, 0.3) is 0 Å². The number of hydrogen-bond donors (Lipinski definition) is 1. The summed E-state index contributed by atoms with van der Waals surface area (Å²) in [6.07, 6.45) is 8.32. The number of methoxy groups -OCH3 is 1. The molecule has 1 aromatic rings. The van der Waals surface area contributed by atoms with Crippen LogP contribution in [0.15, 0.2) is 22.9 Å². The monoisotopic (exact) mass is 328 g/mol. The third-order valence-corrected chi connectivity index (χ3v) is 3.63. The fourth-order valence-corrected chi connectivity index (χ4v) is 2.67. The number of ether oxygens (including phenoxy) is 1. The first-order valence-electron chi connectivity index (χ1n) is 7.06. The molecule has 108 valence electrons. The van der Waals surface area contributed by atoms with Crippen LogP contribution in [0.5, 0.6) is 0 Å². The van der Waals surface area contributed by atoms with Gasteiger partial charge in [0, 0.05) is 30.0 Å². The Morgan fingerprint density at radius 2 is 2.11 bits per heavy atom. The van der Waals surface area contributed by atoms with Gasteiger partial charge in [-0.25, -0.2) is 0 Å². The molecule has 0 aromatic carbocycles. The minimum Gasteiger partial charge on any atom is -0.380 e. The topological polar surface area (TPSA) is 34.2 Å². The van der Waals surface area contributed by atoms with Crippen molar-refractivity contribution in [2.45, 2.75) is 51.7 Å². The molecule has 0 bridgehead atoms. The van der Waals surface area contributed by atoms with Crippen molar-refractivity contribution in [3.63, 3.8) is 0 Å². The molecule has 0 aliphatic carbocycles. The molecule has 0 amide bonds. The van der Waals surface area contributed by atoms with E-state index in [-0.39, 0.29) is 6.10 Å². The second-order valence-corrected chi connectivity index (χ2v) is 5.75. The van der Waals surface area contributed by atoms with Crippen LogP contribution in [-0.2, 0) is 11.2 Å². The first kappa shape index (κ1) is 16.6. The summed E-state index contributed by atoms with van der Waals surface area (Å²) < 4.78 is 6.69. The molecule has 2 atom stereocenters. The molecule has 0 aliphatic rings. The highest BCUT2D eigenvalue weighted by Gasteiger charge is 2.20. The summed E-state index contributed by atoms with van der Waals surface area (Å²) in [5, 5.41) is 3.61. The van der Waals surface area contributed by atoms with Gasteiger partial charge in [-0.3, -0.25) is 4.98 Å². The molecule has 1 rings (SSSR count). The summed E-state index contributed by atoms with van der Waals surface area (Å²) >= 11 is 3.48. The van der Waals surface area contributed by atoms with E-state index in [0.717, 1.165) is 36.7 Å². The smallest absolute Gasteiger partial charge is 0.0727 e. The standard InChI is InChI=1S/C15H25BrN2O/c1-4-6-15(19-3)14(18-7-5-2)9-12-8-13(16)11-17-10-12/h8,10-11,14-15,18H,4-7,9H2,1-3H3. The molecule has 4 heteroatoms. The Balaban J connectivity index is 2.72. The van der Waals surface area contributed by atoms with Gasteiger partial charge in [0.2, 0.25) is 0 Å². The number of aromatic nitrogens is 1. The quantitative estimate of drug-likeness (QED) is 0.752. The Labute approximate surface area is 125 Å². The SMILES string of the molecule is CCCNC(Cc1cncc(Br)c1)C(CCC)OC. The molecule has 2 unspecified atom stereocenters. The molecule has 1 N–H and O–H groups in total. The summed E-state index contributed by atoms with van der Waals surface area (Å²) in [4.78, 5) is 4.23. The van der Waals surface area contributed by atoms with Gasteiger partial charge < -0.3 is 10.1 Å². The van der Waals surface area contributed by atoms with Gasteiger partial charge >= 0.3 is 0 Å². The van der Waals surface area contributed by atoms with Gasteiger partial charge in [-0.1, -0.05) is 20.3 Å². The fraction of sp³-hybridized carbons (Fsp3) is 0.667. The zero-order valence-electron chi connectivity index (χ0n) is 12.2. The summed E-state index contributed by atoms with van der Waals surface area (Å²) in [5.74, 6) is 0. The van der Waals surface area contributed by atoms with Crippen LogP contribution in [0.4, 0.5) is 0 Å². The van der Waals surface area contributed by atoms with Crippen molar-refractivity contribution < 1.29 is 4.74 Å². The zero-order chi connectivity index (χ0) is 14.1. The Morgan fingerprint density at radius 3 is 2.68 bits per heavy atom. The minimum atomic E-state index is 0.260. The second kappa shape index (κ2) is 9.45. The lowest BCUT2D eigenvalue weighted by Gasteiger charge is -2.27. The Bertz CT molecular complexity index is 360. The van der Waals surface area contributed by atoms with Crippen molar-refractivity contribution in [2.24, 2.45) is 0 Å². The molecule has 0 aliphatic heterocycles. The predicted molar refractivity (Wildman–Crippen MR) is 83.4 cm³/mol. The lowest BCUT2D eigenvalue weighted by molar-refractivity contribution is 0.0609. The number of pyridine rings is 1. The molecule has 1 aromatic heterocycles. The van der Waals surface area contributed by atoms with E-state index in [1.54, 1.807) is 7.11 Å². The largest absolute Gasteiger partial charge is 0.380 e. The molecule has 3 nitrogen and oxygen atoms in total. The Kier molecular flexibility index (Phi) is 8.26. The van der Waals surface area contributed by atoms with Crippen molar-refractivity contribution >= 4 is 15.9 Å². The summed E-state index contributed by atoms with van der Waals surface area (Å²) in [5.41, 5.74) is 1.24. The highest BCUT2D eigenvalue weighted by molar-refractivity contribution is 9.10. The lowest BCUT2D eigenvalue weighted by Crippen LogP contribution is -2.43. The average molecular weight is 329 g/mol. The summed E-state index contributed by atoms with van der Waals surface area (Å²) in [6, 6.07) is 2.48. The van der Waals surface area contributed by atoms with E-state index in [0.29, 0.717) is 6.04 Å². The molecule has 1 heterocycles. The van der Waals surface area contributed by atoms with E-state index in [9.17, 15) is 0 Å². The summed E-state index contributed by atoms with van der Waals surface area (Å²) in [6.45, 7) is 5.41. The van der Waals surface area contributed by atoms with Crippen LogP contribution >= 0.6 is 15.9 Å². The maximum absolute atomic E-state index is 5.66. The van der Waals surface area contributed by atoms with Gasteiger partial charge in [0.15, 0.2) is 0 Å². The molecule has 0 saturated carbocycles. The van der Waals surface area contributed by atoms with E-state index in [4.69, 9.17) is 4.74 Å². The van der Waals surface area contributed by atoms with Crippen molar-refractivity contribution in [3.05, 3.63) is 28.5 Å². The van der Waals surface area contributed by atoms with Gasteiger partial charge in [0.25, 0.3) is 0 Å². The van der Waals surface area contributed by atoms with Crippen LogP contribution in [0, 0.1) is 0 Å². The van der Waals surface area contributed by atoms with Crippen LogP contribution in [0.1, 0.15) is 38.7 Å². The number of hydrogen-bond acceptors (Lipinski definition) is 3. The number of rotatable bonds is 9. The number of nitrogens with zero attached hydrogens (tertiary/aromatic N) is 1. The Hall–Kier alpha value is -0.450. The fourth-order valence-electron chi connectivity index (χ4n) is 2.25. The first-order valence-corrected chi connectivity index (χ1v) is 7.86. The third kappa shape index (κ3) is 6.02. The summed E-state index contributed by atoms with van der Waals surface area (Å²) in [7, 11) is 1.81. The predicted octanol–water partition coefficient (Wildman–Crippen LogP) is 3.57. The maximum atomic E-state index is 5.66. The second-order valence-electron chi connectivity index (χ2n) is 4.84. The minimum absolute atomic E-state index is 0.260. The maximum Gasteiger partial charge on any atom is 0.0727 e. The highest BCUT2D eigenvalue weighted by atomic mass is 79.9. The van der Waals surface area contributed by atoms with Crippen molar-refractivity contribution in [1.29, 1.82) is 0 Å². The molecule has 0 spiro atoms. The van der Waals surface area contributed by atoms with E-state index < -0.39 is 0 Å². The van der Waals surface area contributed by atoms with E-state index in [1.165, 1.54) is 5.56 Å². The first-order chi connectivity index (χ1) is 9.21. The molecule has 0 radical (unpaired) electrons. The average Bonchev–Trinajstić information content (AvgIpc) is 2.41. The van der Waals surface area contributed by atoms with Crippen LogP contribution in [0.3, 0.4) is 0 Å². The van der Waals surface area contributed by atoms with Gasteiger partial charge in [-0.05, 0) is 53.4 Å². The van der Waals surface area contributed by atoms with E-state index >= 15 is 0 Å². The third-order valence-electron chi connectivity index (χ3n) is 3.20. The van der Waals surface area contributed by atoms with Crippen LogP contribution in [0.2, 0.25) is 0 Å². The molecular formula is C15H25BrN2O. The van der Waals surface area contributed by atoms with Gasteiger partial charge in [-0.15, -0.1) is 0 Å². The van der Waals surface area contributed by atoms with Crippen LogP contribution < -0.4 is 5.32 Å². The number of halogens is 1. The molecular weight excluding hydrogens is 304 g/mol. The number of nitrogens with one attached hydrogen (secondary N) is 1. The Morgan fingerprint density at radius 1 is 1.32 bits per heavy atom. The van der Waals surface area contributed by atoms with Gasteiger partial charge in [0.05, 0.1) is 6.10 Å². The van der Waals surface area contributed by atoms with E-state index in [2.05, 4.69) is 46.1 Å². The van der Waals surface area contributed by atoms with Crippen LogP contribution in [-0.4, -0.2) is 30.8 Å². The normalized spacial score (nSPS) is 14.3.